The molecule has 1 amide bonds. The van der Waals surface area contributed by atoms with Crippen molar-refractivity contribution in [3.63, 3.8) is 0 Å². The summed E-state index contributed by atoms with van der Waals surface area (Å²) in [5.74, 6) is 1.23. The highest BCUT2D eigenvalue weighted by molar-refractivity contribution is 6.42. The molecule has 2 aromatic rings. The summed E-state index contributed by atoms with van der Waals surface area (Å²) in [5.41, 5.74) is 0.511. The van der Waals surface area contributed by atoms with Gasteiger partial charge in [0.25, 0.3) is 0 Å². The number of carbonyl (C=O) groups excluding carboxylic acids is 1. The maximum Gasteiger partial charge on any atom is 0.410 e. The zero-order valence-electron chi connectivity index (χ0n) is 16.2. The summed E-state index contributed by atoms with van der Waals surface area (Å²) in [6.45, 7) is 6.88. The molecular weight excluding hydrogens is 399 g/mol. The molecule has 1 saturated heterocycles. The van der Waals surface area contributed by atoms with Crippen molar-refractivity contribution in [1.29, 1.82) is 0 Å². The van der Waals surface area contributed by atoms with Crippen LogP contribution in [-0.2, 0) is 4.74 Å². The van der Waals surface area contributed by atoms with Crippen LogP contribution in [0.5, 0.6) is 11.6 Å². The summed E-state index contributed by atoms with van der Waals surface area (Å²) in [6.07, 6.45) is 3.04. The highest BCUT2D eigenvalue weighted by Crippen LogP contribution is 2.38. The van der Waals surface area contributed by atoms with Crippen LogP contribution in [-0.4, -0.2) is 34.7 Å². The van der Waals surface area contributed by atoms with E-state index in [1.807, 2.05) is 32.9 Å². The Balaban J connectivity index is 1.71. The summed E-state index contributed by atoms with van der Waals surface area (Å²) in [7, 11) is 0. The molecule has 1 aromatic heterocycles. The van der Waals surface area contributed by atoms with Gasteiger partial charge in [0.05, 0.1) is 5.02 Å². The molecule has 5 nitrogen and oxygen atoms in total. The van der Waals surface area contributed by atoms with Crippen LogP contribution in [0, 0.1) is 0 Å². The first kappa shape index (κ1) is 20.7. The Hall–Kier alpha value is -1.98. The van der Waals surface area contributed by atoms with Crippen molar-refractivity contribution in [2.75, 3.05) is 13.1 Å². The van der Waals surface area contributed by atoms with Gasteiger partial charge in [-0.1, -0.05) is 35.3 Å². The summed E-state index contributed by atoms with van der Waals surface area (Å²) >= 11 is 12.3. The lowest BCUT2D eigenvalue weighted by atomic mass is 9.90. The Morgan fingerprint density at radius 3 is 2.54 bits per heavy atom. The Morgan fingerprint density at radius 2 is 1.86 bits per heavy atom. The van der Waals surface area contributed by atoms with Gasteiger partial charge in [-0.3, -0.25) is 0 Å². The number of carbonyl (C=O) groups is 1. The minimum atomic E-state index is -0.492. The van der Waals surface area contributed by atoms with Gasteiger partial charge in [0.2, 0.25) is 5.88 Å². The van der Waals surface area contributed by atoms with Gasteiger partial charge in [-0.05, 0) is 57.7 Å². The van der Waals surface area contributed by atoms with E-state index < -0.39 is 5.60 Å². The smallest absolute Gasteiger partial charge is 0.410 e. The molecule has 1 fully saturated rings. The molecule has 1 aromatic carbocycles. The van der Waals surface area contributed by atoms with Gasteiger partial charge in [0.1, 0.15) is 16.4 Å². The highest BCUT2D eigenvalue weighted by Gasteiger charge is 2.29. The fourth-order valence-electron chi connectivity index (χ4n) is 3.17. The normalized spacial score (nSPS) is 15.4. The van der Waals surface area contributed by atoms with Crippen LogP contribution in [0.3, 0.4) is 0 Å². The van der Waals surface area contributed by atoms with E-state index in [1.165, 1.54) is 0 Å². The molecule has 0 atom stereocenters. The molecule has 0 spiro atoms. The first-order valence-electron chi connectivity index (χ1n) is 9.29. The number of hydrogen-bond acceptors (Lipinski definition) is 4. The molecule has 0 saturated carbocycles. The Morgan fingerprint density at radius 1 is 1.14 bits per heavy atom. The van der Waals surface area contributed by atoms with E-state index in [2.05, 4.69) is 4.98 Å². The van der Waals surface area contributed by atoms with Crippen LogP contribution in [0.2, 0.25) is 10.0 Å². The second-order valence-corrected chi connectivity index (χ2v) is 8.58. The highest BCUT2D eigenvalue weighted by atomic mass is 35.5. The Kier molecular flexibility index (Phi) is 6.36. The number of ether oxygens (including phenoxy) is 2. The monoisotopic (exact) mass is 422 g/mol. The van der Waals surface area contributed by atoms with E-state index in [0.29, 0.717) is 34.8 Å². The number of rotatable bonds is 3. The molecule has 0 aliphatic carbocycles. The quantitative estimate of drug-likeness (QED) is 0.582. The van der Waals surface area contributed by atoms with Crippen molar-refractivity contribution in [1.82, 2.24) is 9.88 Å². The van der Waals surface area contributed by atoms with E-state index in [4.69, 9.17) is 32.7 Å². The third-order valence-electron chi connectivity index (χ3n) is 4.51. The largest absolute Gasteiger partial charge is 0.444 e. The summed E-state index contributed by atoms with van der Waals surface area (Å²) in [5, 5.41) is 0.794. The molecule has 150 valence electrons. The van der Waals surface area contributed by atoms with Crippen LogP contribution >= 0.6 is 23.2 Å². The standard InChI is InChI=1S/C21H24Cl2N2O3/c1-21(2,3)28-20(26)25-12-9-14(10-13-25)15-6-5-11-24-19(15)27-17-8-4-7-16(22)18(17)23/h4-8,11,14H,9-10,12-13H2,1-3H3. The molecular formula is C21H24Cl2N2O3. The van der Waals surface area contributed by atoms with Crippen molar-refractivity contribution in [2.24, 2.45) is 0 Å². The molecule has 1 aliphatic rings. The predicted octanol–water partition coefficient (Wildman–Crippen LogP) is 6.30. The molecule has 0 radical (unpaired) electrons. The number of nitrogens with zero attached hydrogens (tertiary/aromatic N) is 2. The number of benzene rings is 1. The topological polar surface area (TPSA) is 51.7 Å². The van der Waals surface area contributed by atoms with Gasteiger partial charge in [-0.25, -0.2) is 9.78 Å². The molecule has 7 heteroatoms. The van der Waals surface area contributed by atoms with Gasteiger partial charge in [0, 0.05) is 24.8 Å². The van der Waals surface area contributed by atoms with Gasteiger partial charge in [0.15, 0.2) is 0 Å². The number of hydrogen-bond donors (Lipinski definition) is 0. The minimum Gasteiger partial charge on any atom is -0.444 e. The van der Waals surface area contributed by atoms with Crippen LogP contribution in [0.1, 0.15) is 45.1 Å². The Bertz CT molecular complexity index is 844. The first-order valence-corrected chi connectivity index (χ1v) is 10.0. The molecule has 28 heavy (non-hydrogen) atoms. The summed E-state index contributed by atoms with van der Waals surface area (Å²) in [4.78, 5) is 18.4. The minimum absolute atomic E-state index is 0.236. The molecule has 0 N–H and O–H groups in total. The molecule has 3 rings (SSSR count). The SMILES string of the molecule is CC(C)(C)OC(=O)N1CCC(c2cccnc2Oc2cccc(Cl)c2Cl)CC1. The van der Waals surface area contributed by atoms with Crippen LogP contribution < -0.4 is 4.74 Å². The van der Waals surface area contributed by atoms with Crippen molar-refractivity contribution in [3.8, 4) is 11.6 Å². The van der Waals surface area contributed by atoms with Crippen molar-refractivity contribution in [2.45, 2.75) is 45.1 Å². The third kappa shape index (κ3) is 5.09. The first-order chi connectivity index (χ1) is 13.2. The maximum atomic E-state index is 12.3. The van der Waals surface area contributed by atoms with E-state index >= 15 is 0 Å². The number of amides is 1. The van der Waals surface area contributed by atoms with Gasteiger partial charge >= 0.3 is 6.09 Å². The Labute approximate surface area is 175 Å². The third-order valence-corrected chi connectivity index (χ3v) is 5.31. The van der Waals surface area contributed by atoms with Gasteiger partial charge in [-0.15, -0.1) is 0 Å². The average Bonchev–Trinajstić information content (AvgIpc) is 2.65. The fraction of sp³-hybridized carbons (Fsp3) is 0.429. The van der Waals surface area contributed by atoms with Crippen LogP contribution in [0.4, 0.5) is 4.79 Å². The van der Waals surface area contributed by atoms with E-state index in [1.54, 1.807) is 29.3 Å². The second kappa shape index (κ2) is 8.58. The predicted molar refractivity (Wildman–Crippen MR) is 111 cm³/mol. The van der Waals surface area contributed by atoms with Crippen molar-refractivity contribution in [3.05, 3.63) is 52.1 Å². The number of likely N-dealkylation sites (tertiary alicyclic amines) is 1. The zero-order chi connectivity index (χ0) is 20.3. The lowest BCUT2D eigenvalue weighted by molar-refractivity contribution is 0.0204. The molecule has 1 aliphatic heterocycles. The van der Waals surface area contributed by atoms with E-state index in [9.17, 15) is 4.79 Å². The van der Waals surface area contributed by atoms with Crippen LogP contribution in [0.15, 0.2) is 36.5 Å². The zero-order valence-corrected chi connectivity index (χ0v) is 17.8. The lowest BCUT2D eigenvalue weighted by Gasteiger charge is -2.33. The number of halogens is 2. The molecule has 2 heterocycles. The average molecular weight is 423 g/mol. The van der Waals surface area contributed by atoms with Crippen LogP contribution in [0.25, 0.3) is 0 Å². The maximum absolute atomic E-state index is 12.3. The van der Waals surface area contributed by atoms with Crippen molar-refractivity contribution >= 4 is 29.3 Å². The lowest BCUT2D eigenvalue weighted by Crippen LogP contribution is -2.41. The number of aromatic nitrogens is 1. The van der Waals surface area contributed by atoms with Crippen molar-refractivity contribution < 1.29 is 14.3 Å². The van der Waals surface area contributed by atoms with Gasteiger partial charge in [-0.2, -0.15) is 0 Å². The second-order valence-electron chi connectivity index (χ2n) is 7.79. The number of pyridine rings is 1. The molecule has 0 unspecified atom stereocenters. The summed E-state index contributed by atoms with van der Waals surface area (Å²) in [6, 6.07) is 9.16. The van der Waals surface area contributed by atoms with Gasteiger partial charge < -0.3 is 14.4 Å². The number of piperidine rings is 1. The van der Waals surface area contributed by atoms with E-state index in [0.717, 1.165) is 18.4 Å². The van der Waals surface area contributed by atoms with E-state index in [-0.39, 0.29) is 12.0 Å². The molecule has 0 bridgehead atoms. The summed E-state index contributed by atoms with van der Waals surface area (Å²) < 4.78 is 11.4. The fourth-order valence-corrected chi connectivity index (χ4v) is 3.50.